The van der Waals surface area contributed by atoms with Crippen molar-refractivity contribution < 1.29 is 19.5 Å². The third-order valence-electron chi connectivity index (χ3n) is 2.81. The number of nitrogens with one attached hydrogen (secondary N) is 1. The molecule has 0 spiro atoms. The molecule has 20 heavy (non-hydrogen) atoms. The second-order valence-corrected chi connectivity index (χ2v) is 5.23. The molecule has 1 atom stereocenters. The Morgan fingerprint density at radius 2 is 2.15 bits per heavy atom. The lowest BCUT2D eigenvalue weighted by Crippen LogP contribution is -2.45. The van der Waals surface area contributed by atoms with Crippen molar-refractivity contribution in [3.63, 3.8) is 0 Å². The maximum atomic E-state index is 12.0. The quantitative estimate of drug-likeness (QED) is 0.791. The molecular formula is C13H18N2O4S. The van der Waals surface area contributed by atoms with E-state index in [1.54, 1.807) is 31.4 Å². The van der Waals surface area contributed by atoms with Gasteiger partial charge < -0.3 is 15.3 Å². The minimum absolute atomic E-state index is 0.113. The maximum absolute atomic E-state index is 12.0. The Labute approximate surface area is 121 Å². The molecule has 0 saturated carbocycles. The first-order valence-electron chi connectivity index (χ1n) is 6.28. The summed E-state index contributed by atoms with van der Waals surface area (Å²) in [6.45, 7) is 3.73. The Kier molecular flexibility index (Phi) is 6.17. The summed E-state index contributed by atoms with van der Waals surface area (Å²) in [6.07, 6.45) is -0.113. The van der Waals surface area contributed by atoms with E-state index in [9.17, 15) is 14.4 Å². The zero-order chi connectivity index (χ0) is 15.1. The fraction of sp³-hybridized carbons (Fsp3) is 0.462. The van der Waals surface area contributed by atoms with E-state index in [1.807, 2.05) is 0 Å². The Hall–Kier alpha value is -1.89. The van der Waals surface area contributed by atoms with Crippen molar-refractivity contribution in [1.29, 1.82) is 0 Å². The van der Waals surface area contributed by atoms with Crippen molar-refractivity contribution in [2.75, 3.05) is 13.1 Å². The van der Waals surface area contributed by atoms with Crippen LogP contribution in [0.4, 0.5) is 0 Å². The summed E-state index contributed by atoms with van der Waals surface area (Å²) < 4.78 is 0. The summed E-state index contributed by atoms with van der Waals surface area (Å²) in [4.78, 5) is 36.4. The molecule has 1 rings (SSSR count). The smallest absolute Gasteiger partial charge is 0.305 e. The molecule has 1 heterocycles. The Bertz CT molecular complexity index is 473. The third-order valence-corrected chi connectivity index (χ3v) is 3.68. The van der Waals surface area contributed by atoms with Crippen molar-refractivity contribution >= 4 is 29.1 Å². The second kappa shape index (κ2) is 7.64. The van der Waals surface area contributed by atoms with Gasteiger partial charge in [0, 0.05) is 12.6 Å². The molecule has 1 aromatic heterocycles. The van der Waals surface area contributed by atoms with Crippen LogP contribution in [-0.4, -0.2) is 46.9 Å². The summed E-state index contributed by atoms with van der Waals surface area (Å²) in [6, 6.07) is 3.03. The number of hydrogen-bond donors (Lipinski definition) is 2. The average molecular weight is 298 g/mol. The molecule has 2 amide bonds. The van der Waals surface area contributed by atoms with Crippen LogP contribution in [0.25, 0.3) is 0 Å². The van der Waals surface area contributed by atoms with Crippen molar-refractivity contribution in [1.82, 2.24) is 10.2 Å². The maximum Gasteiger partial charge on any atom is 0.305 e. The Morgan fingerprint density at radius 3 is 2.65 bits per heavy atom. The van der Waals surface area contributed by atoms with Gasteiger partial charge in [0.2, 0.25) is 5.91 Å². The van der Waals surface area contributed by atoms with Crippen LogP contribution in [0.3, 0.4) is 0 Å². The first-order chi connectivity index (χ1) is 9.45. The van der Waals surface area contributed by atoms with Crippen LogP contribution in [0.2, 0.25) is 0 Å². The highest BCUT2D eigenvalue weighted by Crippen LogP contribution is 2.08. The number of rotatable bonds is 7. The Morgan fingerprint density at radius 1 is 1.45 bits per heavy atom. The van der Waals surface area contributed by atoms with Gasteiger partial charge in [0.05, 0.1) is 17.8 Å². The summed E-state index contributed by atoms with van der Waals surface area (Å²) in [5.41, 5.74) is 0. The molecule has 6 nitrogen and oxygen atoms in total. The van der Waals surface area contributed by atoms with Crippen LogP contribution in [-0.2, 0) is 9.59 Å². The molecule has 2 N–H and O–H groups in total. The van der Waals surface area contributed by atoms with Crippen LogP contribution in [0.1, 0.15) is 29.9 Å². The number of amides is 2. The van der Waals surface area contributed by atoms with Gasteiger partial charge in [0.15, 0.2) is 0 Å². The number of carbonyl (C=O) groups is 3. The molecule has 1 unspecified atom stereocenters. The topological polar surface area (TPSA) is 86.7 Å². The van der Waals surface area contributed by atoms with Crippen molar-refractivity contribution in [3.05, 3.63) is 22.4 Å². The number of nitrogens with zero attached hydrogens (tertiary/aromatic N) is 1. The minimum atomic E-state index is -0.952. The van der Waals surface area contributed by atoms with E-state index in [-0.39, 0.29) is 24.8 Å². The second-order valence-electron chi connectivity index (χ2n) is 4.29. The summed E-state index contributed by atoms with van der Waals surface area (Å²) in [7, 11) is 0. The molecule has 0 aliphatic heterocycles. The lowest BCUT2D eigenvalue weighted by Gasteiger charge is -2.27. The molecule has 0 aliphatic carbocycles. The van der Waals surface area contributed by atoms with Gasteiger partial charge >= 0.3 is 5.97 Å². The third kappa shape index (κ3) is 4.65. The van der Waals surface area contributed by atoms with E-state index in [2.05, 4.69) is 5.32 Å². The van der Waals surface area contributed by atoms with E-state index in [0.717, 1.165) is 0 Å². The van der Waals surface area contributed by atoms with Crippen LogP contribution in [0.5, 0.6) is 0 Å². The number of carbonyl (C=O) groups excluding carboxylic acids is 2. The predicted molar refractivity (Wildman–Crippen MR) is 75.8 cm³/mol. The summed E-state index contributed by atoms with van der Waals surface area (Å²) >= 11 is 1.30. The minimum Gasteiger partial charge on any atom is -0.481 e. The largest absolute Gasteiger partial charge is 0.481 e. The van der Waals surface area contributed by atoms with Crippen LogP contribution in [0.15, 0.2) is 17.5 Å². The molecule has 0 bridgehead atoms. The van der Waals surface area contributed by atoms with Crippen LogP contribution in [0, 0.1) is 0 Å². The van der Waals surface area contributed by atoms with Gasteiger partial charge in [-0.15, -0.1) is 11.3 Å². The average Bonchev–Trinajstić information content (AvgIpc) is 2.89. The fourth-order valence-corrected chi connectivity index (χ4v) is 2.49. The van der Waals surface area contributed by atoms with Gasteiger partial charge in [-0.2, -0.15) is 0 Å². The number of thiophene rings is 1. The fourth-order valence-electron chi connectivity index (χ4n) is 1.85. The van der Waals surface area contributed by atoms with E-state index in [0.29, 0.717) is 11.4 Å². The first-order valence-corrected chi connectivity index (χ1v) is 7.16. The van der Waals surface area contributed by atoms with Gasteiger partial charge in [-0.1, -0.05) is 6.07 Å². The Balaban J connectivity index is 2.51. The predicted octanol–water partition coefficient (Wildman–Crippen LogP) is 1.19. The van der Waals surface area contributed by atoms with Crippen LogP contribution >= 0.6 is 11.3 Å². The van der Waals surface area contributed by atoms with Crippen LogP contribution < -0.4 is 5.32 Å². The van der Waals surface area contributed by atoms with Gasteiger partial charge in [-0.3, -0.25) is 14.4 Å². The number of likely N-dealkylation sites (N-methyl/N-ethyl adjacent to an activating group) is 1. The summed E-state index contributed by atoms with van der Waals surface area (Å²) in [5.74, 6) is -1.53. The highest BCUT2D eigenvalue weighted by Gasteiger charge is 2.21. The zero-order valence-electron chi connectivity index (χ0n) is 11.5. The molecule has 0 aliphatic rings. The highest BCUT2D eigenvalue weighted by atomic mass is 32.1. The SMILES string of the molecule is CCN(C(=O)CNC(=O)c1cccs1)C(C)CC(=O)O. The van der Waals surface area contributed by atoms with Gasteiger partial charge in [-0.25, -0.2) is 0 Å². The van der Waals surface area contributed by atoms with Crippen molar-refractivity contribution in [2.45, 2.75) is 26.3 Å². The molecule has 7 heteroatoms. The number of aliphatic carboxylic acids is 1. The summed E-state index contributed by atoms with van der Waals surface area (Å²) in [5, 5.41) is 13.1. The van der Waals surface area contributed by atoms with Gasteiger partial charge in [-0.05, 0) is 25.3 Å². The number of carboxylic acids is 1. The number of carboxylic acid groups (broad SMARTS) is 1. The molecule has 0 aromatic carbocycles. The molecule has 0 saturated heterocycles. The van der Waals surface area contributed by atoms with Gasteiger partial charge in [0.1, 0.15) is 0 Å². The molecule has 0 fully saturated rings. The monoisotopic (exact) mass is 298 g/mol. The van der Waals surface area contributed by atoms with Crippen molar-refractivity contribution in [2.24, 2.45) is 0 Å². The van der Waals surface area contributed by atoms with Crippen molar-refractivity contribution in [3.8, 4) is 0 Å². The van der Waals surface area contributed by atoms with E-state index in [1.165, 1.54) is 16.2 Å². The normalized spacial score (nSPS) is 11.7. The first kappa shape index (κ1) is 16.2. The lowest BCUT2D eigenvalue weighted by molar-refractivity contribution is -0.140. The molecular weight excluding hydrogens is 280 g/mol. The standard InChI is InChI=1S/C13H18N2O4S/c1-3-15(9(2)7-12(17)18)11(16)8-14-13(19)10-5-4-6-20-10/h4-6,9H,3,7-8H2,1-2H3,(H,14,19)(H,17,18). The molecule has 1 aromatic rings. The van der Waals surface area contributed by atoms with E-state index >= 15 is 0 Å². The lowest BCUT2D eigenvalue weighted by atomic mass is 10.2. The van der Waals surface area contributed by atoms with E-state index in [4.69, 9.17) is 5.11 Å². The zero-order valence-corrected chi connectivity index (χ0v) is 12.3. The van der Waals surface area contributed by atoms with Gasteiger partial charge in [0.25, 0.3) is 5.91 Å². The number of hydrogen-bond acceptors (Lipinski definition) is 4. The molecule has 0 radical (unpaired) electrons. The highest BCUT2D eigenvalue weighted by molar-refractivity contribution is 7.12. The molecule has 110 valence electrons. The van der Waals surface area contributed by atoms with E-state index < -0.39 is 12.0 Å².